The van der Waals surface area contributed by atoms with Gasteiger partial charge in [-0.15, -0.1) is 0 Å². The van der Waals surface area contributed by atoms with E-state index < -0.39 is 23.1 Å². The van der Waals surface area contributed by atoms with Crippen LogP contribution < -0.4 is 0 Å². The van der Waals surface area contributed by atoms with Gasteiger partial charge in [-0.25, -0.2) is 0 Å². The minimum Gasteiger partial charge on any atom is -0.504 e. The number of ketones is 2. The van der Waals surface area contributed by atoms with Gasteiger partial charge in [-0.05, 0) is 32.6 Å². The molecule has 1 saturated heterocycles. The van der Waals surface area contributed by atoms with Gasteiger partial charge in [-0.1, -0.05) is 84.0 Å². The number of hydrogen-bond donors (Lipinski definition) is 2. The molecule has 0 unspecified atom stereocenters. The van der Waals surface area contributed by atoms with Crippen molar-refractivity contribution >= 4 is 11.6 Å². The minimum absolute atomic E-state index is 0.0674. The largest absolute Gasteiger partial charge is 0.504 e. The fourth-order valence-electron chi connectivity index (χ4n) is 4.41. The first-order chi connectivity index (χ1) is 15.0. The standard InChI is InChI=1S/C26H42O5/c1-3-4-17-21-22(31-21)18-15-13-11-9-7-5-6-8-10-12-14-16-20-25(29)23(27)19(2)24(28)26(20)30/h21-22,27,30H,3-18H2,1-2H3/t21-,22+/m1/s1. The quantitative estimate of drug-likeness (QED) is 0.149. The van der Waals surface area contributed by atoms with Crippen LogP contribution in [0.5, 0.6) is 0 Å². The maximum absolute atomic E-state index is 12.0. The summed E-state index contributed by atoms with van der Waals surface area (Å²) in [6.45, 7) is 3.59. The molecule has 5 heteroatoms. The summed E-state index contributed by atoms with van der Waals surface area (Å²) in [5.41, 5.74) is -0.00273. The van der Waals surface area contributed by atoms with Crippen LogP contribution >= 0.6 is 0 Å². The molecule has 0 amide bonds. The number of Topliss-reactive ketones (excluding diaryl/α,β-unsaturated/α-hetero) is 2. The average Bonchev–Trinajstić information content (AvgIpc) is 3.52. The third-order valence-corrected chi connectivity index (χ3v) is 6.63. The van der Waals surface area contributed by atoms with Gasteiger partial charge in [-0.3, -0.25) is 9.59 Å². The van der Waals surface area contributed by atoms with Crippen LogP contribution in [0.2, 0.25) is 0 Å². The van der Waals surface area contributed by atoms with Crippen molar-refractivity contribution in [1.82, 2.24) is 0 Å². The van der Waals surface area contributed by atoms with Gasteiger partial charge in [0.05, 0.1) is 12.2 Å². The highest BCUT2D eigenvalue weighted by Gasteiger charge is 2.36. The zero-order valence-electron chi connectivity index (χ0n) is 19.6. The summed E-state index contributed by atoms with van der Waals surface area (Å²) in [6, 6.07) is 0. The summed E-state index contributed by atoms with van der Waals surface area (Å²) in [6.07, 6.45) is 19.6. The number of rotatable bonds is 17. The Labute approximate surface area is 187 Å². The summed E-state index contributed by atoms with van der Waals surface area (Å²) in [7, 11) is 0. The molecule has 0 saturated carbocycles. The van der Waals surface area contributed by atoms with Gasteiger partial charge in [0.2, 0.25) is 11.6 Å². The van der Waals surface area contributed by atoms with Crippen LogP contribution in [-0.4, -0.2) is 34.0 Å². The van der Waals surface area contributed by atoms with E-state index >= 15 is 0 Å². The van der Waals surface area contributed by atoms with E-state index in [-0.39, 0.29) is 11.1 Å². The topological polar surface area (TPSA) is 87.1 Å². The third kappa shape index (κ3) is 8.44. The van der Waals surface area contributed by atoms with Gasteiger partial charge in [0.25, 0.3) is 0 Å². The van der Waals surface area contributed by atoms with Crippen molar-refractivity contribution in [3.05, 3.63) is 22.7 Å². The highest BCUT2D eigenvalue weighted by atomic mass is 16.6. The molecule has 0 bridgehead atoms. The van der Waals surface area contributed by atoms with Gasteiger partial charge in [0.1, 0.15) is 0 Å². The molecule has 5 nitrogen and oxygen atoms in total. The van der Waals surface area contributed by atoms with Crippen molar-refractivity contribution < 1.29 is 24.5 Å². The zero-order valence-corrected chi connectivity index (χ0v) is 19.6. The highest BCUT2D eigenvalue weighted by Crippen LogP contribution is 2.31. The number of unbranched alkanes of at least 4 members (excludes halogenated alkanes) is 11. The van der Waals surface area contributed by atoms with Crippen LogP contribution in [-0.2, 0) is 14.3 Å². The van der Waals surface area contributed by atoms with Gasteiger partial charge in [0.15, 0.2) is 11.5 Å². The molecule has 2 atom stereocenters. The molecule has 2 N–H and O–H groups in total. The summed E-state index contributed by atoms with van der Waals surface area (Å²) < 4.78 is 5.72. The number of aliphatic hydroxyl groups is 2. The molecule has 31 heavy (non-hydrogen) atoms. The Morgan fingerprint density at radius 3 is 1.71 bits per heavy atom. The number of aliphatic hydroxyl groups excluding tert-OH is 2. The van der Waals surface area contributed by atoms with Crippen LogP contribution in [0, 0.1) is 0 Å². The van der Waals surface area contributed by atoms with Crippen LogP contribution in [0.1, 0.15) is 117 Å². The number of hydrogen-bond acceptors (Lipinski definition) is 5. The molecule has 2 rings (SSSR count). The maximum atomic E-state index is 12.0. The van der Waals surface area contributed by atoms with Crippen LogP contribution in [0.15, 0.2) is 22.7 Å². The molecule has 0 radical (unpaired) electrons. The molecule has 1 aliphatic carbocycles. The van der Waals surface area contributed by atoms with Gasteiger partial charge in [0, 0.05) is 11.1 Å². The van der Waals surface area contributed by atoms with Crippen LogP contribution in [0.25, 0.3) is 0 Å². The first-order valence-corrected chi connectivity index (χ1v) is 12.5. The summed E-state index contributed by atoms with van der Waals surface area (Å²) in [5.74, 6) is -2.24. The molecule has 1 fully saturated rings. The molecule has 176 valence electrons. The van der Waals surface area contributed by atoms with E-state index in [1.807, 2.05) is 0 Å². The molecule has 1 heterocycles. The van der Waals surface area contributed by atoms with E-state index in [1.165, 1.54) is 84.0 Å². The third-order valence-electron chi connectivity index (χ3n) is 6.63. The number of ether oxygens (including phenoxy) is 1. The molecule has 0 aromatic heterocycles. The molecule has 1 aliphatic heterocycles. The van der Waals surface area contributed by atoms with Crippen molar-refractivity contribution in [2.45, 2.75) is 129 Å². The van der Waals surface area contributed by atoms with Crippen molar-refractivity contribution in [2.75, 3.05) is 0 Å². The number of allylic oxidation sites excluding steroid dienone is 2. The molecule has 0 aromatic carbocycles. The van der Waals surface area contributed by atoms with E-state index in [4.69, 9.17) is 4.74 Å². The number of epoxide rings is 1. The monoisotopic (exact) mass is 434 g/mol. The molecule has 2 aliphatic rings. The fraction of sp³-hybridized carbons (Fsp3) is 0.769. The SMILES string of the molecule is CCCC[C@H]1O[C@H]1CCCCCCCCCCCCCC1=C(O)C(=O)C(C)=C(O)C1=O. The first-order valence-electron chi connectivity index (χ1n) is 12.5. The Bertz CT molecular complexity index is 661. The van der Waals surface area contributed by atoms with Crippen LogP contribution in [0.4, 0.5) is 0 Å². The molecule has 0 aromatic rings. The number of carbonyl (C=O) groups is 2. The van der Waals surface area contributed by atoms with E-state index in [0.717, 1.165) is 19.3 Å². The first kappa shape index (κ1) is 25.6. The maximum Gasteiger partial charge on any atom is 0.227 e. The zero-order chi connectivity index (χ0) is 22.6. The molecular weight excluding hydrogens is 392 g/mol. The predicted octanol–water partition coefficient (Wildman–Crippen LogP) is 6.81. The van der Waals surface area contributed by atoms with E-state index in [0.29, 0.717) is 18.6 Å². The van der Waals surface area contributed by atoms with E-state index in [1.54, 1.807) is 0 Å². The fourth-order valence-corrected chi connectivity index (χ4v) is 4.41. The highest BCUT2D eigenvalue weighted by molar-refractivity contribution is 6.22. The molecule has 0 spiro atoms. The lowest BCUT2D eigenvalue weighted by molar-refractivity contribution is -0.120. The summed E-state index contributed by atoms with van der Waals surface area (Å²) >= 11 is 0. The molecular formula is C26H42O5. The number of carbonyl (C=O) groups excluding carboxylic acids is 2. The van der Waals surface area contributed by atoms with Crippen molar-refractivity contribution in [1.29, 1.82) is 0 Å². The van der Waals surface area contributed by atoms with Crippen molar-refractivity contribution in [3.63, 3.8) is 0 Å². The van der Waals surface area contributed by atoms with Crippen molar-refractivity contribution in [3.8, 4) is 0 Å². The predicted molar refractivity (Wildman–Crippen MR) is 123 cm³/mol. The normalized spacial score (nSPS) is 21.4. The minimum atomic E-state index is -0.635. The Morgan fingerprint density at radius 2 is 1.16 bits per heavy atom. The summed E-state index contributed by atoms with van der Waals surface area (Å²) in [4.78, 5) is 23.8. The van der Waals surface area contributed by atoms with Gasteiger partial charge >= 0.3 is 0 Å². The second kappa shape index (κ2) is 13.7. The smallest absolute Gasteiger partial charge is 0.227 e. The van der Waals surface area contributed by atoms with Gasteiger partial charge in [-0.2, -0.15) is 0 Å². The van der Waals surface area contributed by atoms with Crippen molar-refractivity contribution in [2.24, 2.45) is 0 Å². The van der Waals surface area contributed by atoms with Gasteiger partial charge < -0.3 is 14.9 Å². The van der Waals surface area contributed by atoms with Crippen LogP contribution in [0.3, 0.4) is 0 Å². The average molecular weight is 435 g/mol. The summed E-state index contributed by atoms with van der Waals surface area (Å²) in [5, 5.41) is 19.6. The lowest BCUT2D eigenvalue weighted by Crippen LogP contribution is -2.22. The second-order valence-corrected chi connectivity index (χ2v) is 9.24. The Kier molecular flexibility index (Phi) is 11.3. The van der Waals surface area contributed by atoms with E-state index in [2.05, 4.69) is 6.92 Å². The lowest BCUT2D eigenvalue weighted by atomic mass is 9.91. The lowest BCUT2D eigenvalue weighted by Gasteiger charge is -2.15. The Balaban J connectivity index is 1.38. The Hall–Kier alpha value is -1.62. The van der Waals surface area contributed by atoms with E-state index in [9.17, 15) is 19.8 Å². The second-order valence-electron chi connectivity index (χ2n) is 9.24. The Morgan fingerprint density at radius 1 is 0.677 bits per heavy atom.